The van der Waals surface area contributed by atoms with E-state index in [1.165, 1.54) is 0 Å². The van der Waals surface area contributed by atoms with Gasteiger partial charge in [0, 0.05) is 23.8 Å². The van der Waals surface area contributed by atoms with Gasteiger partial charge in [-0.25, -0.2) is 0 Å². The van der Waals surface area contributed by atoms with Crippen LogP contribution in [0.2, 0.25) is 0 Å². The smallest absolute Gasteiger partial charge is 0.309 e. The van der Waals surface area contributed by atoms with Crippen LogP contribution in [-0.4, -0.2) is 22.6 Å². The summed E-state index contributed by atoms with van der Waals surface area (Å²) >= 11 is 0. The van der Waals surface area contributed by atoms with Gasteiger partial charge in [0.1, 0.15) is 0 Å². The topological polar surface area (TPSA) is 62.2 Å². The van der Waals surface area contributed by atoms with Crippen molar-refractivity contribution in [1.29, 1.82) is 0 Å². The number of hydrogen-bond donors (Lipinski definition) is 2. The Bertz CT molecular complexity index is 588. The van der Waals surface area contributed by atoms with E-state index in [2.05, 4.69) is 10.3 Å². The van der Waals surface area contributed by atoms with E-state index in [0.717, 1.165) is 16.6 Å². The number of aliphatic carboxylic acids is 1. The Morgan fingerprint density at radius 3 is 2.79 bits per heavy atom. The maximum Gasteiger partial charge on any atom is 0.309 e. The van der Waals surface area contributed by atoms with Crippen LogP contribution in [0.15, 0.2) is 36.5 Å². The van der Waals surface area contributed by atoms with Gasteiger partial charge in [-0.2, -0.15) is 0 Å². The van der Waals surface area contributed by atoms with Crippen molar-refractivity contribution in [2.45, 2.75) is 20.3 Å². The van der Waals surface area contributed by atoms with E-state index in [9.17, 15) is 4.79 Å². The SMILES string of the molecule is CC(C)(CCNc1ccnc2ccccc12)C(=O)O. The molecule has 0 saturated carbocycles. The zero-order valence-electron chi connectivity index (χ0n) is 11.2. The molecule has 0 bridgehead atoms. The van der Waals surface area contributed by atoms with Crippen LogP contribution in [0.3, 0.4) is 0 Å². The summed E-state index contributed by atoms with van der Waals surface area (Å²) in [5.41, 5.74) is 1.22. The second kappa shape index (κ2) is 5.26. The minimum Gasteiger partial charge on any atom is -0.481 e. The highest BCUT2D eigenvalue weighted by Crippen LogP contribution is 2.23. The van der Waals surface area contributed by atoms with Crippen LogP contribution in [0.5, 0.6) is 0 Å². The van der Waals surface area contributed by atoms with Crippen LogP contribution in [0.4, 0.5) is 5.69 Å². The second-order valence-corrected chi connectivity index (χ2v) is 5.24. The summed E-state index contributed by atoms with van der Waals surface area (Å²) in [4.78, 5) is 15.3. The number of carboxylic acid groups (broad SMARTS) is 1. The molecule has 19 heavy (non-hydrogen) atoms. The first-order chi connectivity index (χ1) is 9.00. The first-order valence-corrected chi connectivity index (χ1v) is 6.32. The first kappa shape index (κ1) is 13.3. The number of rotatable bonds is 5. The minimum atomic E-state index is -0.770. The van der Waals surface area contributed by atoms with Crippen molar-refractivity contribution in [3.63, 3.8) is 0 Å². The van der Waals surface area contributed by atoms with Crippen LogP contribution in [-0.2, 0) is 4.79 Å². The Morgan fingerprint density at radius 2 is 2.05 bits per heavy atom. The van der Waals surface area contributed by atoms with Gasteiger partial charge in [-0.3, -0.25) is 9.78 Å². The van der Waals surface area contributed by atoms with Crippen molar-refractivity contribution < 1.29 is 9.90 Å². The van der Waals surface area contributed by atoms with Crippen molar-refractivity contribution in [3.05, 3.63) is 36.5 Å². The van der Waals surface area contributed by atoms with Gasteiger partial charge >= 0.3 is 5.97 Å². The predicted molar refractivity (Wildman–Crippen MR) is 76.3 cm³/mol. The van der Waals surface area contributed by atoms with Gasteiger partial charge in [0.05, 0.1) is 10.9 Å². The molecule has 1 aromatic carbocycles. The molecule has 0 atom stereocenters. The van der Waals surface area contributed by atoms with E-state index >= 15 is 0 Å². The largest absolute Gasteiger partial charge is 0.481 e. The summed E-state index contributed by atoms with van der Waals surface area (Å²) in [6, 6.07) is 9.80. The lowest BCUT2D eigenvalue weighted by atomic mass is 9.89. The highest BCUT2D eigenvalue weighted by Gasteiger charge is 2.26. The molecule has 1 aromatic heterocycles. The number of aromatic nitrogens is 1. The number of pyridine rings is 1. The zero-order valence-corrected chi connectivity index (χ0v) is 11.2. The molecule has 0 unspecified atom stereocenters. The summed E-state index contributed by atoms with van der Waals surface area (Å²) in [7, 11) is 0. The fourth-order valence-electron chi connectivity index (χ4n) is 1.87. The standard InChI is InChI=1S/C15H18N2O2/c1-15(2,14(18)19)8-10-17-13-7-9-16-12-6-4-3-5-11(12)13/h3-7,9H,8,10H2,1-2H3,(H,16,17)(H,18,19). The molecule has 0 aliphatic heterocycles. The number of carboxylic acids is 1. The Kier molecular flexibility index (Phi) is 3.69. The lowest BCUT2D eigenvalue weighted by Gasteiger charge is -2.19. The molecule has 0 spiro atoms. The molecule has 0 aliphatic rings. The van der Waals surface area contributed by atoms with E-state index in [0.29, 0.717) is 13.0 Å². The van der Waals surface area contributed by atoms with Crippen molar-refractivity contribution in [3.8, 4) is 0 Å². The number of anilines is 1. The Labute approximate surface area is 112 Å². The molecular formula is C15H18N2O2. The predicted octanol–water partition coefficient (Wildman–Crippen LogP) is 3.15. The molecule has 2 rings (SSSR count). The molecule has 0 aliphatic carbocycles. The van der Waals surface area contributed by atoms with Crippen molar-refractivity contribution in [2.75, 3.05) is 11.9 Å². The molecule has 0 radical (unpaired) electrons. The summed E-state index contributed by atoms with van der Waals surface area (Å²) in [5.74, 6) is -0.770. The number of benzene rings is 1. The summed E-state index contributed by atoms with van der Waals surface area (Å²) < 4.78 is 0. The fraction of sp³-hybridized carbons (Fsp3) is 0.333. The zero-order chi connectivity index (χ0) is 13.9. The van der Waals surface area contributed by atoms with Gasteiger partial charge in [0.15, 0.2) is 0 Å². The Morgan fingerprint density at radius 1 is 1.32 bits per heavy atom. The van der Waals surface area contributed by atoms with Crippen LogP contribution in [0.1, 0.15) is 20.3 Å². The number of fused-ring (bicyclic) bond motifs is 1. The summed E-state index contributed by atoms with van der Waals surface area (Å²) in [6.07, 6.45) is 2.33. The van der Waals surface area contributed by atoms with Crippen molar-refractivity contribution >= 4 is 22.6 Å². The van der Waals surface area contributed by atoms with Gasteiger partial charge in [0.25, 0.3) is 0 Å². The van der Waals surface area contributed by atoms with Gasteiger partial charge in [0.2, 0.25) is 0 Å². The van der Waals surface area contributed by atoms with E-state index < -0.39 is 11.4 Å². The number of nitrogens with one attached hydrogen (secondary N) is 1. The molecule has 0 fully saturated rings. The minimum absolute atomic E-state index is 0.568. The Balaban J connectivity index is 2.09. The summed E-state index contributed by atoms with van der Waals surface area (Å²) in [6.45, 7) is 4.09. The third kappa shape index (κ3) is 3.02. The third-order valence-corrected chi connectivity index (χ3v) is 3.29. The molecule has 4 nitrogen and oxygen atoms in total. The van der Waals surface area contributed by atoms with Crippen molar-refractivity contribution in [1.82, 2.24) is 4.98 Å². The van der Waals surface area contributed by atoms with Crippen LogP contribution < -0.4 is 5.32 Å². The molecule has 1 heterocycles. The molecule has 2 aromatic rings. The van der Waals surface area contributed by atoms with E-state index in [-0.39, 0.29) is 0 Å². The third-order valence-electron chi connectivity index (χ3n) is 3.29. The Hall–Kier alpha value is -2.10. The fourth-order valence-corrected chi connectivity index (χ4v) is 1.87. The maximum absolute atomic E-state index is 11.0. The van der Waals surface area contributed by atoms with E-state index in [1.807, 2.05) is 30.3 Å². The van der Waals surface area contributed by atoms with Gasteiger partial charge in [-0.05, 0) is 32.4 Å². The van der Waals surface area contributed by atoms with Gasteiger partial charge < -0.3 is 10.4 Å². The number of hydrogen-bond acceptors (Lipinski definition) is 3. The van der Waals surface area contributed by atoms with E-state index in [1.54, 1.807) is 20.0 Å². The molecule has 0 amide bonds. The maximum atomic E-state index is 11.0. The average molecular weight is 258 g/mol. The monoisotopic (exact) mass is 258 g/mol. The van der Waals surface area contributed by atoms with Crippen LogP contribution >= 0.6 is 0 Å². The van der Waals surface area contributed by atoms with Crippen LogP contribution in [0.25, 0.3) is 10.9 Å². The molecular weight excluding hydrogens is 240 g/mol. The lowest BCUT2D eigenvalue weighted by Crippen LogP contribution is -2.26. The molecule has 0 saturated heterocycles. The quantitative estimate of drug-likeness (QED) is 0.864. The number of carbonyl (C=O) groups is 1. The molecule has 100 valence electrons. The second-order valence-electron chi connectivity index (χ2n) is 5.24. The molecule has 2 N–H and O–H groups in total. The first-order valence-electron chi connectivity index (χ1n) is 6.32. The van der Waals surface area contributed by atoms with Gasteiger partial charge in [-0.1, -0.05) is 18.2 Å². The van der Waals surface area contributed by atoms with Crippen molar-refractivity contribution in [2.24, 2.45) is 5.41 Å². The summed E-state index contributed by atoms with van der Waals surface area (Å²) in [5, 5.41) is 13.4. The van der Waals surface area contributed by atoms with E-state index in [4.69, 9.17) is 5.11 Å². The highest BCUT2D eigenvalue weighted by molar-refractivity contribution is 5.90. The normalized spacial score (nSPS) is 11.5. The average Bonchev–Trinajstić information content (AvgIpc) is 2.38. The number of nitrogens with zero attached hydrogens (tertiary/aromatic N) is 1. The lowest BCUT2D eigenvalue weighted by molar-refractivity contribution is -0.147. The van der Waals surface area contributed by atoms with Crippen LogP contribution in [0, 0.1) is 5.41 Å². The van der Waals surface area contributed by atoms with Gasteiger partial charge in [-0.15, -0.1) is 0 Å². The number of para-hydroxylation sites is 1. The highest BCUT2D eigenvalue weighted by atomic mass is 16.4. The molecule has 4 heteroatoms.